The van der Waals surface area contributed by atoms with Gasteiger partial charge >= 0.3 is 0 Å². The van der Waals surface area contributed by atoms with E-state index in [0.29, 0.717) is 13.0 Å². The van der Waals surface area contributed by atoms with Crippen LogP contribution in [0.25, 0.3) is 10.8 Å². The second-order valence-corrected chi connectivity index (χ2v) is 4.63. The zero-order valence-corrected chi connectivity index (χ0v) is 12.7. The fraction of sp³-hybridized carbons (Fsp3) is 0.375. The van der Waals surface area contributed by atoms with Gasteiger partial charge in [0.1, 0.15) is 5.75 Å². The lowest BCUT2D eigenvalue weighted by atomic mass is 9.94. The Hall–Kier alpha value is -1.29. The number of halogens is 1. The van der Waals surface area contributed by atoms with Crippen molar-refractivity contribution in [1.82, 2.24) is 0 Å². The molecule has 0 saturated carbocycles. The summed E-state index contributed by atoms with van der Waals surface area (Å²) in [7, 11) is 0. The van der Waals surface area contributed by atoms with E-state index in [0.717, 1.165) is 22.1 Å². The molecular formula is C16H22ClNO2. The van der Waals surface area contributed by atoms with Crippen molar-refractivity contribution >= 4 is 23.2 Å². The SMILES string of the molecule is CCOc1ccc2ccccc2c1[C@H](N)[C@H](O)CC.Cl. The molecule has 0 aliphatic rings. The minimum atomic E-state index is -0.565. The van der Waals surface area contributed by atoms with E-state index in [-0.39, 0.29) is 12.4 Å². The highest BCUT2D eigenvalue weighted by molar-refractivity contribution is 5.88. The van der Waals surface area contributed by atoms with Crippen LogP contribution in [-0.2, 0) is 0 Å². The van der Waals surface area contributed by atoms with Crippen molar-refractivity contribution in [2.45, 2.75) is 32.4 Å². The predicted octanol–water partition coefficient (Wildman–Crippen LogP) is 3.43. The molecule has 0 spiro atoms. The first-order valence-corrected chi connectivity index (χ1v) is 6.77. The van der Waals surface area contributed by atoms with Crippen LogP contribution in [0.4, 0.5) is 0 Å². The zero-order chi connectivity index (χ0) is 13.8. The van der Waals surface area contributed by atoms with Crippen LogP contribution in [0.1, 0.15) is 31.9 Å². The minimum Gasteiger partial charge on any atom is -0.494 e. The molecule has 2 atom stereocenters. The van der Waals surface area contributed by atoms with Crippen molar-refractivity contribution in [3.63, 3.8) is 0 Å². The molecule has 0 heterocycles. The van der Waals surface area contributed by atoms with Gasteiger partial charge in [0.05, 0.1) is 18.8 Å². The number of aliphatic hydroxyl groups excluding tert-OH is 1. The highest BCUT2D eigenvalue weighted by Crippen LogP contribution is 2.34. The van der Waals surface area contributed by atoms with Crippen LogP contribution in [0, 0.1) is 0 Å². The highest BCUT2D eigenvalue weighted by atomic mass is 35.5. The van der Waals surface area contributed by atoms with Crippen molar-refractivity contribution in [2.24, 2.45) is 5.73 Å². The van der Waals surface area contributed by atoms with Crippen molar-refractivity contribution in [1.29, 1.82) is 0 Å². The lowest BCUT2D eigenvalue weighted by Gasteiger charge is -2.22. The molecular weight excluding hydrogens is 274 g/mol. The summed E-state index contributed by atoms with van der Waals surface area (Å²) in [4.78, 5) is 0. The van der Waals surface area contributed by atoms with E-state index in [1.807, 2.05) is 50.2 Å². The van der Waals surface area contributed by atoms with E-state index < -0.39 is 12.1 Å². The molecule has 0 saturated heterocycles. The molecule has 3 nitrogen and oxygen atoms in total. The molecule has 2 aromatic carbocycles. The normalized spacial score (nSPS) is 13.6. The number of aliphatic hydroxyl groups is 1. The summed E-state index contributed by atoms with van der Waals surface area (Å²) in [5.41, 5.74) is 7.11. The van der Waals surface area contributed by atoms with Crippen LogP contribution in [0.5, 0.6) is 5.75 Å². The predicted molar refractivity (Wildman–Crippen MR) is 85.6 cm³/mol. The summed E-state index contributed by atoms with van der Waals surface area (Å²) in [6, 6.07) is 11.6. The molecule has 0 aliphatic carbocycles. The average molecular weight is 296 g/mol. The van der Waals surface area contributed by atoms with Gasteiger partial charge in [0.15, 0.2) is 0 Å². The molecule has 0 aliphatic heterocycles. The maximum Gasteiger partial charge on any atom is 0.124 e. The summed E-state index contributed by atoms with van der Waals surface area (Å²) in [6.45, 7) is 4.46. The quantitative estimate of drug-likeness (QED) is 0.888. The summed E-state index contributed by atoms with van der Waals surface area (Å²) < 4.78 is 5.67. The monoisotopic (exact) mass is 295 g/mol. The Bertz CT molecular complexity index is 559. The van der Waals surface area contributed by atoms with E-state index in [4.69, 9.17) is 10.5 Å². The van der Waals surface area contributed by atoms with Gasteiger partial charge in [0.2, 0.25) is 0 Å². The maximum atomic E-state index is 10.1. The largest absolute Gasteiger partial charge is 0.494 e. The Morgan fingerprint density at radius 1 is 1.15 bits per heavy atom. The lowest BCUT2D eigenvalue weighted by Crippen LogP contribution is -2.26. The smallest absolute Gasteiger partial charge is 0.124 e. The Morgan fingerprint density at radius 3 is 2.50 bits per heavy atom. The highest BCUT2D eigenvalue weighted by Gasteiger charge is 2.21. The van der Waals surface area contributed by atoms with Gasteiger partial charge in [-0.3, -0.25) is 0 Å². The lowest BCUT2D eigenvalue weighted by molar-refractivity contribution is 0.139. The number of rotatable bonds is 5. The van der Waals surface area contributed by atoms with Crippen molar-refractivity contribution in [3.05, 3.63) is 42.0 Å². The average Bonchev–Trinajstić information content (AvgIpc) is 2.45. The summed E-state index contributed by atoms with van der Waals surface area (Å²) >= 11 is 0. The van der Waals surface area contributed by atoms with Gasteiger partial charge in [0, 0.05) is 5.56 Å². The fourth-order valence-electron chi connectivity index (χ4n) is 2.35. The van der Waals surface area contributed by atoms with Crippen LogP contribution >= 0.6 is 12.4 Å². The molecule has 0 radical (unpaired) electrons. The molecule has 20 heavy (non-hydrogen) atoms. The van der Waals surface area contributed by atoms with Crippen molar-refractivity contribution in [3.8, 4) is 5.75 Å². The maximum absolute atomic E-state index is 10.1. The number of hydrogen-bond acceptors (Lipinski definition) is 3. The van der Waals surface area contributed by atoms with Crippen LogP contribution in [0.15, 0.2) is 36.4 Å². The van der Waals surface area contributed by atoms with Gasteiger partial charge in [0.25, 0.3) is 0 Å². The first-order valence-electron chi connectivity index (χ1n) is 6.77. The third-order valence-corrected chi connectivity index (χ3v) is 3.40. The molecule has 3 N–H and O–H groups in total. The number of fused-ring (bicyclic) bond motifs is 1. The Morgan fingerprint density at radius 2 is 1.85 bits per heavy atom. The van der Waals surface area contributed by atoms with Gasteiger partial charge < -0.3 is 15.6 Å². The van der Waals surface area contributed by atoms with Crippen molar-refractivity contribution in [2.75, 3.05) is 6.61 Å². The number of nitrogens with two attached hydrogens (primary N) is 1. The van der Waals surface area contributed by atoms with Crippen LogP contribution in [0.2, 0.25) is 0 Å². The van der Waals surface area contributed by atoms with Crippen LogP contribution in [-0.4, -0.2) is 17.8 Å². The molecule has 2 rings (SSSR count). The number of hydrogen-bond donors (Lipinski definition) is 2. The molecule has 110 valence electrons. The molecule has 2 aromatic rings. The molecule has 0 amide bonds. The van der Waals surface area contributed by atoms with E-state index in [9.17, 15) is 5.11 Å². The topological polar surface area (TPSA) is 55.5 Å². The van der Waals surface area contributed by atoms with E-state index in [1.165, 1.54) is 0 Å². The Labute approximate surface area is 126 Å². The second-order valence-electron chi connectivity index (χ2n) is 4.63. The minimum absolute atomic E-state index is 0. The Balaban J connectivity index is 0.00000200. The van der Waals surface area contributed by atoms with Gasteiger partial charge in [-0.25, -0.2) is 0 Å². The molecule has 0 unspecified atom stereocenters. The van der Waals surface area contributed by atoms with E-state index in [1.54, 1.807) is 0 Å². The van der Waals surface area contributed by atoms with Crippen LogP contribution in [0.3, 0.4) is 0 Å². The van der Waals surface area contributed by atoms with E-state index in [2.05, 4.69) is 0 Å². The van der Waals surface area contributed by atoms with Gasteiger partial charge in [-0.2, -0.15) is 0 Å². The third kappa shape index (κ3) is 3.23. The first kappa shape index (κ1) is 16.8. The second kappa shape index (κ2) is 7.48. The first-order chi connectivity index (χ1) is 9.19. The molecule has 4 heteroatoms. The molecule has 0 aromatic heterocycles. The molecule has 0 bridgehead atoms. The standard InChI is InChI=1S/C16H21NO2.ClH/c1-3-13(18)16(17)15-12-8-6-5-7-11(12)9-10-14(15)19-4-2;/h5-10,13,16,18H,3-4,17H2,1-2H3;1H/t13-,16-;/m1./s1. The van der Waals surface area contributed by atoms with Gasteiger partial charge in [-0.05, 0) is 30.2 Å². The van der Waals surface area contributed by atoms with E-state index >= 15 is 0 Å². The van der Waals surface area contributed by atoms with Crippen LogP contribution < -0.4 is 10.5 Å². The summed E-state index contributed by atoms with van der Waals surface area (Å²) in [5.74, 6) is 0.765. The van der Waals surface area contributed by atoms with Crippen molar-refractivity contribution < 1.29 is 9.84 Å². The number of benzene rings is 2. The fourth-order valence-corrected chi connectivity index (χ4v) is 2.35. The molecule has 0 fully saturated rings. The number of ether oxygens (including phenoxy) is 1. The third-order valence-electron chi connectivity index (χ3n) is 3.40. The van der Waals surface area contributed by atoms with Gasteiger partial charge in [-0.1, -0.05) is 37.3 Å². The Kier molecular flexibility index (Phi) is 6.27. The summed E-state index contributed by atoms with van der Waals surface area (Å²) in [6.07, 6.45) is 0.0562. The summed E-state index contributed by atoms with van der Waals surface area (Å²) in [5, 5.41) is 12.2. The zero-order valence-electron chi connectivity index (χ0n) is 11.9. The van der Waals surface area contributed by atoms with Gasteiger partial charge in [-0.15, -0.1) is 12.4 Å².